The predicted molar refractivity (Wildman–Crippen MR) is 83.8 cm³/mol. The average molecular weight is 273 g/mol. The van der Waals surface area contributed by atoms with E-state index in [9.17, 15) is 0 Å². The van der Waals surface area contributed by atoms with Crippen molar-refractivity contribution in [3.8, 4) is 0 Å². The van der Waals surface area contributed by atoms with E-state index in [2.05, 4.69) is 31.9 Å². The number of fused-ring (bicyclic) bond motifs is 2. The third kappa shape index (κ3) is 2.44. The third-order valence-corrected chi connectivity index (χ3v) is 5.41. The first-order valence-electron chi connectivity index (χ1n) is 7.96. The van der Waals surface area contributed by atoms with E-state index in [0.717, 1.165) is 35.8 Å². The summed E-state index contributed by atoms with van der Waals surface area (Å²) in [4.78, 5) is 7.11. The molecule has 3 rings (SSSR count). The minimum Gasteiger partial charge on any atom is -0.359 e. The molecule has 2 aliphatic carbocycles. The van der Waals surface area contributed by atoms with Gasteiger partial charge in [0.2, 0.25) is 0 Å². The van der Waals surface area contributed by atoms with E-state index in [1.165, 1.54) is 36.8 Å². The van der Waals surface area contributed by atoms with Crippen molar-refractivity contribution in [2.75, 3.05) is 18.5 Å². The molecule has 0 amide bonds. The third-order valence-electron chi connectivity index (χ3n) is 5.41. The van der Waals surface area contributed by atoms with Crippen LogP contribution in [-0.4, -0.2) is 18.6 Å². The van der Waals surface area contributed by atoms with Gasteiger partial charge in [-0.1, -0.05) is 6.42 Å². The van der Waals surface area contributed by atoms with Crippen molar-refractivity contribution in [1.82, 2.24) is 4.98 Å². The maximum atomic E-state index is 5.94. The molecule has 3 heteroatoms. The maximum absolute atomic E-state index is 5.94. The second kappa shape index (κ2) is 5.36. The van der Waals surface area contributed by atoms with Crippen LogP contribution in [0.3, 0.4) is 0 Å². The quantitative estimate of drug-likeness (QED) is 0.917. The lowest BCUT2D eigenvalue weighted by atomic mass is 9.88. The van der Waals surface area contributed by atoms with Crippen LogP contribution in [0.4, 0.5) is 5.82 Å². The Bertz CT molecular complexity index is 497. The zero-order valence-corrected chi connectivity index (χ0v) is 13.0. The molecule has 2 fully saturated rings. The smallest absolute Gasteiger partial charge is 0.133 e. The van der Waals surface area contributed by atoms with E-state index in [0.29, 0.717) is 6.54 Å². The molecule has 2 bridgehead atoms. The van der Waals surface area contributed by atoms with Gasteiger partial charge in [0.25, 0.3) is 0 Å². The van der Waals surface area contributed by atoms with Crippen molar-refractivity contribution in [1.29, 1.82) is 0 Å². The molecule has 1 heterocycles. The highest BCUT2D eigenvalue weighted by atomic mass is 15.2. The summed E-state index contributed by atoms with van der Waals surface area (Å²) >= 11 is 0. The van der Waals surface area contributed by atoms with Gasteiger partial charge in [-0.25, -0.2) is 4.98 Å². The molecule has 110 valence electrons. The van der Waals surface area contributed by atoms with Crippen molar-refractivity contribution >= 4 is 5.82 Å². The predicted octanol–water partition coefficient (Wildman–Crippen LogP) is 3.03. The zero-order valence-electron chi connectivity index (χ0n) is 13.0. The molecule has 2 aliphatic rings. The van der Waals surface area contributed by atoms with Crippen molar-refractivity contribution in [2.45, 2.75) is 46.1 Å². The Hall–Kier alpha value is -1.09. The van der Waals surface area contributed by atoms with Crippen LogP contribution in [-0.2, 0) is 6.54 Å². The molecule has 0 aliphatic heterocycles. The molecule has 1 aromatic heterocycles. The van der Waals surface area contributed by atoms with Gasteiger partial charge in [-0.05, 0) is 62.5 Å². The molecule has 20 heavy (non-hydrogen) atoms. The fraction of sp³-hybridized carbons (Fsp3) is 0.706. The van der Waals surface area contributed by atoms with Gasteiger partial charge in [0.05, 0.1) is 0 Å². The number of hydrogen-bond donors (Lipinski definition) is 1. The highest BCUT2D eigenvalue weighted by Crippen LogP contribution is 2.48. The summed E-state index contributed by atoms with van der Waals surface area (Å²) in [6.45, 7) is 5.94. The number of aromatic nitrogens is 1. The van der Waals surface area contributed by atoms with E-state index < -0.39 is 0 Å². The minimum atomic E-state index is 0.579. The molecule has 0 saturated heterocycles. The zero-order chi connectivity index (χ0) is 14.3. The molecule has 2 saturated carbocycles. The first-order valence-corrected chi connectivity index (χ1v) is 7.96. The Kier molecular flexibility index (Phi) is 3.72. The first-order chi connectivity index (χ1) is 9.58. The second-order valence-electron chi connectivity index (χ2n) is 6.90. The van der Waals surface area contributed by atoms with Crippen molar-refractivity contribution in [3.63, 3.8) is 0 Å². The number of hydrogen-bond acceptors (Lipinski definition) is 3. The van der Waals surface area contributed by atoms with Crippen LogP contribution in [0, 0.1) is 31.6 Å². The summed E-state index contributed by atoms with van der Waals surface area (Å²) < 4.78 is 0. The highest BCUT2D eigenvalue weighted by molar-refractivity contribution is 5.51. The number of aryl methyl sites for hydroxylation is 2. The van der Waals surface area contributed by atoms with Crippen LogP contribution < -0.4 is 10.6 Å². The number of nitrogens with two attached hydrogens (primary N) is 1. The standard InChI is InChI=1S/C17H27N3/c1-11-6-12(2)19-17(16(11)9-18)20(3)10-15-8-13-4-5-14(15)7-13/h6,13-15H,4-5,7-10,18H2,1-3H3. The fourth-order valence-electron chi connectivity index (χ4n) is 4.45. The minimum absolute atomic E-state index is 0.579. The van der Waals surface area contributed by atoms with E-state index in [-0.39, 0.29) is 0 Å². The largest absolute Gasteiger partial charge is 0.359 e. The monoisotopic (exact) mass is 273 g/mol. The van der Waals surface area contributed by atoms with Crippen LogP contribution in [0.25, 0.3) is 0 Å². The Morgan fingerprint density at radius 3 is 2.70 bits per heavy atom. The Labute approximate surface area is 122 Å². The van der Waals surface area contributed by atoms with Crippen LogP contribution in [0.1, 0.15) is 42.5 Å². The van der Waals surface area contributed by atoms with Gasteiger partial charge in [0.1, 0.15) is 5.82 Å². The SMILES string of the molecule is Cc1cc(C)c(CN)c(N(C)CC2CC3CCC2C3)n1. The number of pyridine rings is 1. The normalized spacial score (nSPS) is 28.1. The van der Waals surface area contributed by atoms with Gasteiger partial charge in [-0.2, -0.15) is 0 Å². The average Bonchev–Trinajstić information content (AvgIpc) is 3.00. The molecule has 3 unspecified atom stereocenters. The maximum Gasteiger partial charge on any atom is 0.133 e. The lowest BCUT2D eigenvalue weighted by Crippen LogP contribution is -2.30. The second-order valence-corrected chi connectivity index (χ2v) is 6.90. The molecule has 0 aromatic carbocycles. The van der Waals surface area contributed by atoms with Gasteiger partial charge in [-0.3, -0.25) is 0 Å². The van der Waals surface area contributed by atoms with E-state index >= 15 is 0 Å². The van der Waals surface area contributed by atoms with Crippen LogP contribution in [0.15, 0.2) is 6.07 Å². The number of anilines is 1. The van der Waals surface area contributed by atoms with Crippen molar-refractivity contribution in [3.05, 3.63) is 22.9 Å². The Morgan fingerprint density at radius 1 is 1.30 bits per heavy atom. The Morgan fingerprint density at radius 2 is 2.10 bits per heavy atom. The molecule has 0 spiro atoms. The van der Waals surface area contributed by atoms with Crippen LogP contribution in [0.5, 0.6) is 0 Å². The molecule has 0 radical (unpaired) electrons. The lowest BCUT2D eigenvalue weighted by molar-refractivity contribution is 0.337. The molecular formula is C17H27N3. The Balaban J connectivity index is 1.78. The lowest BCUT2D eigenvalue weighted by Gasteiger charge is -2.29. The summed E-state index contributed by atoms with van der Waals surface area (Å²) in [5.74, 6) is 3.95. The van der Waals surface area contributed by atoms with E-state index in [4.69, 9.17) is 10.7 Å². The molecule has 2 N–H and O–H groups in total. The summed E-state index contributed by atoms with van der Waals surface area (Å²) in [6.07, 6.45) is 5.83. The van der Waals surface area contributed by atoms with E-state index in [1.54, 1.807) is 0 Å². The topological polar surface area (TPSA) is 42.1 Å². The van der Waals surface area contributed by atoms with E-state index in [1.807, 2.05) is 0 Å². The summed E-state index contributed by atoms with van der Waals surface area (Å²) in [5, 5.41) is 0. The fourth-order valence-corrected chi connectivity index (χ4v) is 4.45. The van der Waals surface area contributed by atoms with Crippen molar-refractivity contribution in [2.24, 2.45) is 23.5 Å². The molecule has 3 atom stereocenters. The van der Waals surface area contributed by atoms with Crippen molar-refractivity contribution < 1.29 is 0 Å². The number of nitrogens with zero attached hydrogens (tertiary/aromatic N) is 2. The van der Waals surface area contributed by atoms with Crippen LogP contribution >= 0.6 is 0 Å². The molecular weight excluding hydrogens is 246 g/mol. The molecule has 1 aromatic rings. The molecule has 3 nitrogen and oxygen atoms in total. The number of rotatable bonds is 4. The van der Waals surface area contributed by atoms with Gasteiger partial charge in [0.15, 0.2) is 0 Å². The van der Waals surface area contributed by atoms with Gasteiger partial charge in [0, 0.05) is 31.4 Å². The summed E-state index contributed by atoms with van der Waals surface area (Å²) in [6, 6.07) is 2.14. The van der Waals surface area contributed by atoms with Gasteiger partial charge in [-0.15, -0.1) is 0 Å². The van der Waals surface area contributed by atoms with Gasteiger partial charge < -0.3 is 10.6 Å². The first kappa shape index (κ1) is 13.9. The summed E-state index contributed by atoms with van der Waals surface area (Å²) in [5.41, 5.74) is 9.52. The highest BCUT2D eigenvalue weighted by Gasteiger charge is 2.39. The van der Waals surface area contributed by atoms with Crippen LogP contribution in [0.2, 0.25) is 0 Å². The summed E-state index contributed by atoms with van der Waals surface area (Å²) in [7, 11) is 2.19. The van der Waals surface area contributed by atoms with Gasteiger partial charge >= 0.3 is 0 Å².